The molecule has 0 saturated carbocycles. The number of non-ortho nitro benzene ring substituents is 1. The van der Waals surface area contributed by atoms with E-state index in [-0.39, 0.29) is 5.69 Å². The highest BCUT2D eigenvalue weighted by molar-refractivity contribution is 6.42. The molecule has 0 fully saturated rings. The molecule has 0 aliphatic heterocycles. The van der Waals surface area contributed by atoms with E-state index in [4.69, 9.17) is 27.6 Å². The van der Waals surface area contributed by atoms with Crippen molar-refractivity contribution < 1.29 is 9.34 Å². The lowest BCUT2D eigenvalue weighted by molar-refractivity contribution is -0.384. The average Bonchev–Trinajstić information content (AvgIpc) is 3.20. The predicted molar refractivity (Wildman–Crippen MR) is 104 cm³/mol. The van der Waals surface area contributed by atoms with Crippen molar-refractivity contribution in [2.75, 3.05) is 0 Å². The summed E-state index contributed by atoms with van der Waals surface area (Å²) in [6, 6.07) is 13.6. The van der Waals surface area contributed by atoms with E-state index in [0.29, 0.717) is 33.7 Å². The van der Waals surface area contributed by atoms with E-state index in [0.717, 1.165) is 16.8 Å². The Balaban J connectivity index is 1.90. The Morgan fingerprint density at radius 3 is 2.63 bits per heavy atom. The van der Waals surface area contributed by atoms with Crippen molar-refractivity contribution in [1.82, 2.24) is 9.55 Å². The van der Waals surface area contributed by atoms with Crippen molar-refractivity contribution in [2.24, 2.45) is 0 Å². The van der Waals surface area contributed by atoms with E-state index in [1.165, 1.54) is 6.07 Å². The van der Waals surface area contributed by atoms with Gasteiger partial charge in [-0.1, -0.05) is 35.3 Å². The molecule has 4 rings (SSSR count). The highest BCUT2D eigenvalue weighted by atomic mass is 35.5. The molecule has 0 unspecified atom stereocenters. The second kappa shape index (κ2) is 6.72. The lowest BCUT2D eigenvalue weighted by Crippen LogP contribution is -2.02. The van der Waals surface area contributed by atoms with Gasteiger partial charge in [0.1, 0.15) is 5.76 Å². The van der Waals surface area contributed by atoms with E-state index in [2.05, 4.69) is 4.98 Å². The number of benzene rings is 2. The summed E-state index contributed by atoms with van der Waals surface area (Å²) in [7, 11) is 0. The summed E-state index contributed by atoms with van der Waals surface area (Å²) in [6.07, 6.45) is 0. The maximum absolute atomic E-state index is 11.1. The van der Waals surface area contributed by atoms with Gasteiger partial charge in [0, 0.05) is 12.1 Å². The van der Waals surface area contributed by atoms with Crippen LogP contribution in [-0.2, 0) is 6.54 Å². The molecule has 0 spiro atoms. The van der Waals surface area contributed by atoms with Crippen LogP contribution in [0.2, 0.25) is 10.0 Å². The molecule has 0 atom stereocenters. The quantitative estimate of drug-likeness (QED) is 0.316. The third-order valence-electron chi connectivity index (χ3n) is 4.21. The molecule has 136 valence electrons. The molecule has 0 bridgehead atoms. The van der Waals surface area contributed by atoms with Gasteiger partial charge in [0.15, 0.2) is 11.6 Å². The molecule has 0 N–H and O–H groups in total. The number of halogens is 2. The van der Waals surface area contributed by atoms with Gasteiger partial charge >= 0.3 is 0 Å². The molecular formula is C19H13Cl2N3O3. The van der Waals surface area contributed by atoms with Gasteiger partial charge in [-0.2, -0.15) is 0 Å². The van der Waals surface area contributed by atoms with Gasteiger partial charge in [-0.25, -0.2) is 4.98 Å². The first-order chi connectivity index (χ1) is 12.9. The number of nitro benzene ring substituents is 1. The van der Waals surface area contributed by atoms with Crippen LogP contribution in [0.3, 0.4) is 0 Å². The standard InChI is InChI=1S/C19H13Cl2N3O3/c1-11-5-6-18(27-11)19-22-16-8-14(20)15(21)9-17(16)23(19)10-12-3-2-4-13(7-12)24(25)26/h2-9H,10H2,1H3. The van der Waals surface area contributed by atoms with E-state index in [1.807, 2.05) is 29.7 Å². The Morgan fingerprint density at radius 2 is 1.93 bits per heavy atom. The molecule has 0 aliphatic carbocycles. The molecular weight excluding hydrogens is 389 g/mol. The zero-order chi connectivity index (χ0) is 19.1. The van der Waals surface area contributed by atoms with Crippen LogP contribution in [0.15, 0.2) is 52.9 Å². The van der Waals surface area contributed by atoms with Crippen molar-refractivity contribution in [2.45, 2.75) is 13.5 Å². The maximum Gasteiger partial charge on any atom is 0.269 e. The van der Waals surface area contributed by atoms with Crippen LogP contribution >= 0.6 is 23.2 Å². The SMILES string of the molecule is Cc1ccc(-c2nc3cc(Cl)c(Cl)cc3n2Cc2cccc([N+](=O)[O-])c2)o1. The van der Waals surface area contributed by atoms with Crippen LogP contribution in [0.5, 0.6) is 0 Å². The Hall–Kier alpha value is -2.83. The molecule has 2 heterocycles. The molecule has 2 aromatic heterocycles. The fraction of sp³-hybridized carbons (Fsp3) is 0.105. The number of fused-ring (bicyclic) bond motifs is 1. The minimum absolute atomic E-state index is 0.0355. The molecule has 0 radical (unpaired) electrons. The Morgan fingerprint density at radius 1 is 1.15 bits per heavy atom. The first-order valence-corrected chi connectivity index (χ1v) is 8.83. The first-order valence-electron chi connectivity index (χ1n) is 8.08. The number of hydrogen-bond acceptors (Lipinski definition) is 4. The third kappa shape index (κ3) is 3.29. The first kappa shape index (κ1) is 17.6. The van der Waals surface area contributed by atoms with Gasteiger partial charge in [0.2, 0.25) is 0 Å². The highest BCUT2D eigenvalue weighted by Gasteiger charge is 2.18. The Bertz CT molecular complexity index is 1180. The normalized spacial score (nSPS) is 11.2. The van der Waals surface area contributed by atoms with Crippen molar-refractivity contribution in [1.29, 1.82) is 0 Å². The Kier molecular flexibility index (Phi) is 4.37. The summed E-state index contributed by atoms with van der Waals surface area (Å²) in [5.41, 5.74) is 2.23. The minimum atomic E-state index is -0.414. The van der Waals surface area contributed by atoms with Gasteiger partial charge < -0.3 is 8.98 Å². The number of furan rings is 1. The fourth-order valence-electron chi connectivity index (χ4n) is 2.97. The topological polar surface area (TPSA) is 74.1 Å². The van der Waals surface area contributed by atoms with Gasteiger partial charge in [0.05, 0.1) is 32.5 Å². The molecule has 8 heteroatoms. The van der Waals surface area contributed by atoms with Crippen molar-refractivity contribution in [3.8, 4) is 11.6 Å². The molecule has 0 amide bonds. The van der Waals surface area contributed by atoms with Crippen LogP contribution in [0, 0.1) is 17.0 Å². The summed E-state index contributed by atoms with van der Waals surface area (Å²) in [5.74, 6) is 1.96. The van der Waals surface area contributed by atoms with Gasteiger partial charge in [0.25, 0.3) is 5.69 Å². The largest absolute Gasteiger partial charge is 0.458 e. The predicted octanol–water partition coefficient (Wildman–Crippen LogP) is 5.87. The second-order valence-electron chi connectivity index (χ2n) is 6.11. The number of imidazole rings is 1. The number of aryl methyl sites for hydroxylation is 1. The van der Waals surface area contributed by atoms with Crippen molar-refractivity contribution in [3.05, 3.63) is 80.0 Å². The lowest BCUT2D eigenvalue weighted by Gasteiger charge is -2.09. The summed E-state index contributed by atoms with van der Waals surface area (Å²) in [6.45, 7) is 2.22. The molecule has 0 saturated heterocycles. The van der Waals surface area contributed by atoms with Crippen molar-refractivity contribution in [3.63, 3.8) is 0 Å². The molecule has 0 aliphatic rings. The molecule has 6 nitrogen and oxygen atoms in total. The van der Waals surface area contributed by atoms with Gasteiger partial charge in [-0.15, -0.1) is 0 Å². The average molecular weight is 402 g/mol. The number of nitrogens with zero attached hydrogens (tertiary/aromatic N) is 3. The fourth-order valence-corrected chi connectivity index (χ4v) is 3.29. The zero-order valence-electron chi connectivity index (χ0n) is 14.1. The van der Waals surface area contributed by atoms with Crippen LogP contribution in [0.1, 0.15) is 11.3 Å². The lowest BCUT2D eigenvalue weighted by atomic mass is 10.2. The third-order valence-corrected chi connectivity index (χ3v) is 4.94. The summed E-state index contributed by atoms with van der Waals surface area (Å²) >= 11 is 12.3. The highest BCUT2D eigenvalue weighted by Crippen LogP contribution is 2.32. The number of nitro groups is 1. The van der Waals surface area contributed by atoms with Crippen molar-refractivity contribution >= 4 is 39.9 Å². The van der Waals surface area contributed by atoms with E-state index in [9.17, 15) is 10.1 Å². The molecule has 27 heavy (non-hydrogen) atoms. The number of rotatable bonds is 4. The Labute approximate surface area is 164 Å². The van der Waals surface area contributed by atoms with E-state index >= 15 is 0 Å². The van der Waals surface area contributed by atoms with Crippen LogP contribution in [-0.4, -0.2) is 14.5 Å². The van der Waals surface area contributed by atoms with Crippen LogP contribution in [0.25, 0.3) is 22.6 Å². The molecule has 2 aromatic carbocycles. The zero-order valence-corrected chi connectivity index (χ0v) is 15.7. The monoisotopic (exact) mass is 401 g/mol. The second-order valence-corrected chi connectivity index (χ2v) is 6.93. The van der Waals surface area contributed by atoms with Gasteiger partial charge in [-0.3, -0.25) is 10.1 Å². The minimum Gasteiger partial charge on any atom is -0.458 e. The molecule has 4 aromatic rings. The maximum atomic E-state index is 11.1. The van der Waals surface area contributed by atoms with Gasteiger partial charge in [-0.05, 0) is 36.8 Å². The van der Waals surface area contributed by atoms with E-state index < -0.39 is 4.92 Å². The van der Waals surface area contributed by atoms with Crippen LogP contribution < -0.4 is 0 Å². The van der Waals surface area contributed by atoms with Crippen LogP contribution in [0.4, 0.5) is 5.69 Å². The summed E-state index contributed by atoms with van der Waals surface area (Å²) in [4.78, 5) is 15.3. The van der Waals surface area contributed by atoms with E-state index in [1.54, 1.807) is 24.3 Å². The summed E-state index contributed by atoms with van der Waals surface area (Å²) < 4.78 is 7.65. The number of aromatic nitrogens is 2. The smallest absolute Gasteiger partial charge is 0.269 e. The summed E-state index contributed by atoms with van der Waals surface area (Å²) in [5, 5.41) is 11.9. The number of hydrogen-bond donors (Lipinski definition) is 0.